The first-order valence-corrected chi connectivity index (χ1v) is 9.27. The molecule has 3 aromatic heterocycles. The Hall–Kier alpha value is -3.13. The molecule has 0 fully saturated rings. The standard InChI is InChI=1S/C19H18N4O3S/c1-10-16(27-9-21-10)8-25-14-3-4-15-18(17(19(20)24)11(2)26-15)13(14)7-12-5-6-22-23-12/h3-6,9H,7-8H2,1-2H3,(H2,20,24)(H,22,23). The van der Waals surface area contributed by atoms with Gasteiger partial charge in [-0.15, -0.1) is 11.3 Å². The highest BCUT2D eigenvalue weighted by Crippen LogP contribution is 2.36. The lowest BCUT2D eigenvalue weighted by Gasteiger charge is -2.12. The maximum Gasteiger partial charge on any atom is 0.252 e. The maximum atomic E-state index is 12.0. The third kappa shape index (κ3) is 3.19. The molecule has 1 amide bonds. The van der Waals surface area contributed by atoms with E-state index in [1.54, 1.807) is 36.0 Å². The van der Waals surface area contributed by atoms with Crippen molar-refractivity contribution in [2.45, 2.75) is 26.9 Å². The number of aromatic amines is 1. The number of hydrogen-bond acceptors (Lipinski definition) is 6. The summed E-state index contributed by atoms with van der Waals surface area (Å²) in [5.41, 5.74) is 11.0. The fourth-order valence-corrected chi connectivity index (χ4v) is 3.83. The summed E-state index contributed by atoms with van der Waals surface area (Å²) < 4.78 is 11.9. The van der Waals surface area contributed by atoms with E-state index in [-0.39, 0.29) is 0 Å². The molecule has 4 aromatic rings. The van der Waals surface area contributed by atoms with Crippen molar-refractivity contribution in [1.29, 1.82) is 0 Å². The molecule has 0 aliphatic carbocycles. The summed E-state index contributed by atoms with van der Waals surface area (Å²) in [4.78, 5) is 17.4. The summed E-state index contributed by atoms with van der Waals surface area (Å²) in [7, 11) is 0. The first-order valence-electron chi connectivity index (χ1n) is 8.39. The molecule has 0 radical (unpaired) electrons. The monoisotopic (exact) mass is 382 g/mol. The average molecular weight is 382 g/mol. The second-order valence-corrected chi connectivity index (χ2v) is 7.14. The van der Waals surface area contributed by atoms with Gasteiger partial charge in [0, 0.05) is 23.6 Å². The van der Waals surface area contributed by atoms with Crippen molar-refractivity contribution in [1.82, 2.24) is 15.2 Å². The smallest absolute Gasteiger partial charge is 0.252 e. The van der Waals surface area contributed by atoms with Crippen molar-refractivity contribution in [3.63, 3.8) is 0 Å². The number of fused-ring (bicyclic) bond motifs is 1. The van der Waals surface area contributed by atoms with Gasteiger partial charge in [-0.1, -0.05) is 0 Å². The number of nitrogens with one attached hydrogen (secondary N) is 1. The average Bonchev–Trinajstić information content (AvgIpc) is 3.34. The molecule has 8 heteroatoms. The van der Waals surface area contributed by atoms with Gasteiger partial charge in [0.2, 0.25) is 0 Å². The Labute approximate surface area is 159 Å². The number of hydrogen-bond donors (Lipinski definition) is 2. The Morgan fingerprint density at radius 2 is 2.19 bits per heavy atom. The number of carbonyl (C=O) groups is 1. The van der Waals surface area contributed by atoms with Crippen molar-refractivity contribution < 1.29 is 13.9 Å². The molecule has 0 spiro atoms. The Kier molecular flexibility index (Phi) is 4.41. The molecule has 0 aliphatic rings. The number of thiazole rings is 1. The zero-order chi connectivity index (χ0) is 19.0. The first-order chi connectivity index (χ1) is 13.0. The van der Waals surface area contributed by atoms with Gasteiger partial charge in [0.05, 0.1) is 27.3 Å². The normalized spacial score (nSPS) is 11.2. The molecule has 0 bridgehead atoms. The highest BCUT2D eigenvalue weighted by atomic mass is 32.1. The van der Waals surface area contributed by atoms with Gasteiger partial charge in [-0.2, -0.15) is 5.10 Å². The summed E-state index contributed by atoms with van der Waals surface area (Å²) >= 11 is 1.55. The number of carbonyl (C=O) groups excluding carboxylic acids is 1. The fourth-order valence-electron chi connectivity index (χ4n) is 3.14. The maximum absolute atomic E-state index is 12.0. The van der Waals surface area contributed by atoms with Crippen LogP contribution in [0.15, 0.2) is 34.3 Å². The molecule has 3 N–H and O–H groups in total. The second-order valence-electron chi connectivity index (χ2n) is 6.20. The van der Waals surface area contributed by atoms with Crippen LogP contribution < -0.4 is 10.5 Å². The number of ether oxygens (including phenoxy) is 1. The number of amides is 1. The summed E-state index contributed by atoms with van der Waals surface area (Å²) in [6.45, 7) is 4.09. The van der Waals surface area contributed by atoms with Crippen LogP contribution in [0.2, 0.25) is 0 Å². The minimum atomic E-state index is -0.523. The lowest BCUT2D eigenvalue weighted by atomic mass is 9.99. The molecule has 0 saturated carbocycles. The van der Waals surface area contributed by atoms with Crippen molar-refractivity contribution in [3.8, 4) is 5.75 Å². The zero-order valence-electron chi connectivity index (χ0n) is 14.9. The molecule has 0 atom stereocenters. The van der Waals surface area contributed by atoms with Crippen LogP contribution >= 0.6 is 11.3 Å². The Balaban J connectivity index is 1.83. The van der Waals surface area contributed by atoms with E-state index < -0.39 is 5.91 Å². The summed E-state index contributed by atoms with van der Waals surface area (Å²) in [6.07, 6.45) is 2.24. The number of furan rings is 1. The van der Waals surface area contributed by atoms with Crippen molar-refractivity contribution in [2.75, 3.05) is 0 Å². The van der Waals surface area contributed by atoms with Crippen LogP contribution in [0.25, 0.3) is 11.0 Å². The number of H-pyrrole nitrogens is 1. The van der Waals surface area contributed by atoms with Crippen LogP contribution in [0.4, 0.5) is 0 Å². The van der Waals surface area contributed by atoms with Crippen molar-refractivity contribution in [3.05, 3.63) is 63.1 Å². The minimum absolute atomic E-state index is 0.384. The van der Waals surface area contributed by atoms with Crippen LogP contribution in [0.3, 0.4) is 0 Å². The van der Waals surface area contributed by atoms with E-state index in [9.17, 15) is 4.79 Å². The van der Waals surface area contributed by atoms with Crippen LogP contribution in [0.5, 0.6) is 5.75 Å². The predicted molar refractivity (Wildman–Crippen MR) is 102 cm³/mol. The number of nitrogens with zero attached hydrogens (tertiary/aromatic N) is 2. The van der Waals surface area contributed by atoms with Gasteiger partial charge in [-0.25, -0.2) is 4.98 Å². The first kappa shape index (κ1) is 17.3. The molecular weight excluding hydrogens is 364 g/mol. The SMILES string of the molecule is Cc1ncsc1COc1ccc2oc(C)c(C(N)=O)c2c1Cc1cc[nH]n1. The largest absolute Gasteiger partial charge is 0.488 e. The molecule has 0 saturated heterocycles. The Bertz CT molecular complexity index is 1110. The summed E-state index contributed by atoms with van der Waals surface area (Å²) in [5, 5.41) is 7.72. The van der Waals surface area contributed by atoms with Crippen molar-refractivity contribution >= 4 is 28.2 Å². The highest BCUT2D eigenvalue weighted by Gasteiger charge is 2.22. The van der Waals surface area contributed by atoms with Gasteiger partial charge in [0.25, 0.3) is 5.91 Å². The van der Waals surface area contributed by atoms with Gasteiger partial charge in [-0.3, -0.25) is 9.89 Å². The third-order valence-electron chi connectivity index (χ3n) is 4.46. The van der Waals surface area contributed by atoms with E-state index in [1.165, 1.54) is 0 Å². The van der Waals surface area contributed by atoms with Crippen LogP contribution in [0, 0.1) is 13.8 Å². The molecular formula is C19H18N4O3S. The van der Waals surface area contributed by atoms with E-state index in [1.807, 2.05) is 19.1 Å². The van der Waals surface area contributed by atoms with Crippen molar-refractivity contribution in [2.24, 2.45) is 5.73 Å². The van der Waals surface area contributed by atoms with Gasteiger partial charge in [0.1, 0.15) is 23.7 Å². The van der Waals surface area contributed by atoms with E-state index in [2.05, 4.69) is 15.2 Å². The van der Waals surface area contributed by atoms with E-state index in [4.69, 9.17) is 14.9 Å². The van der Waals surface area contributed by atoms with Crippen LogP contribution in [0.1, 0.15) is 37.9 Å². The molecule has 138 valence electrons. The molecule has 0 unspecified atom stereocenters. The molecule has 4 rings (SSSR count). The minimum Gasteiger partial charge on any atom is -0.488 e. The van der Waals surface area contributed by atoms with E-state index in [0.29, 0.717) is 41.1 Å². The lowest BCUT2D eigenvalue weighted by molar-refractivity contribution is 0.1000. The van der Waals surface area contributed by atoms with Gasteiger partial charge >= 0.3 is 0 Å². The number of benzene rings is 1. The van der Waals surface area contributed by atoms with E-state index >= 15 is 0 Å². The van der Waals surface area contributed by atoms with Crippen LogP contribution in [-0.2, 0) is 13.0 Å². The number of primary amides is 1. The number of aryl methyl sites for hydroxylation is 2. The summed E-state index contributed by atoms with van der Waals surface area (Å²) in [6, 6.07) is 5.54. The molecule has 0 aliphatic heterocycles. The lowest BCUT2D eigenvalue weighted by Crippen LogP contribution is -2.12. The van der Waals surface area contributed by atoms with Crippen LogP contribution in [-0.4, -0.2) is 21.1 Å². The van der Waals surface area contributed by atoms with Gasteiger partial charge in [0.15, 0.2) is 0 Å². The topological polar surface area (TPSA) is 107 Å². The number of rotatable bonds is 6. The summed E-state index contributed by atoms with van der Waals surface area (Å²) in [5.74, 6) is 0.641. The molecule has 27 heavy (non-hydrogen) atoms. The number of nitrogens with two attached hydrogens (primary N) is 1. The molecule has 3 heterocycles. The fraction of sp³-hybridized carbons (Fsp3) is 0.211. The predicted octanol–water partition coefficient (Wildman–Crippen LogP) is 3.50. The Morgan fingerprint density at radius 3 is 2.85 bits per heavy atom. The van der Waals surface area contributed by atoms with E-state index in [0.717, 1.165) is 21.8 Å². The highest BCUT2D eigenvalue weighted by molar-refractivity contribution is 7.09. The number of aromatic nitrogens is 3. The van der Waals surface area contributed by atoms with Gasteiger partial charge in [-0.05, 0) is 32.0 Å². The quantitative estimate of drug-likeness (QED) is 0.531. The van der Waals surface area contributed by atoms with Gasteiger partial charge < -0.3 is 14.9 Å². The molecule has 1 aromatic carbocycles. The Morgan fingerprint density at radius 1 is 1.33 bits per heavy atom. The molecule has 7 nitrogen and oxygen atoms in total. The zero-order valence-corrected chi connectivity index (χ0v) is 15.7. The second kappa shape index (κ2) is 6.88. The third-order valence-corrected chi connectivity index (χ3v) is 5.37.